The van der Waals surface area contributed by atoms with E-state index in [-0.39, 0.29) is 5.44 Å². The summed E-state index contributed by atoms with van der Waals surface area (Å²) in [5.41, 5.74) is 3.23. The van der Waals surface area contributed by atoms with Gasteiger partial charge in [0.1, 0.15) is 16.9 Å². The van der Waals surface area contributed by atoms with Crippen LogP contribution in [0, 0.1) is 20.8 Å². The number of unbranched alkanes of at least 4 members (excludes halogenated alkanes) is 3. The summed E-state index contributed by atoms with van der Waals surface area (Å²) in [6, 6.07) is 0. The monoisotopic (exact) mass is 280 g/mol. The van der Waals surface area contributed by atoms with Crippen LogP contribution in [0.1, 0.15) is 55.7 Å². The van der Waals surface area contributed by atoms with Crippen molar-refractivity contribution in [3.05, 3.63) is 16.7 Å². The van der Waals surface area contributed by atoms with Gasteiger partial charge in [-0.3, -0.25) is 0 Å². The Labute approximate surface area is 120 Å². The van der Waals surface area contributed by atoms with E-state index in [0.717, 1.165) is 33.8 Å². The first-order valence-electron chi connectivity index (χ1n) is 7.22. The molecule has 1 N–H and O–H groups in total. The van der Waals surface area contributed by atoms with Crippen molar-refractivity contribution in [2.75, 3.05) is 0 Å². The van der Waals surface area contributed by atoms with Gasteiger partial charge in [0.25, 0.3) is 0 Å². The van der Waals surface area contributed by atoms with E-state index < -0.39 is 0 Å². The zero-order chi connectivity index (χ0) is 14.0. The van der Waals surface area contributed by atoms with Crippen molar-refractivity contribution >= 4 is 11.8 Å². The molecular weight excluding hydrogens is 256 g/mol. The van der Waals surface area contributed by atoms with Crippen LogP contribution in [0.25, 0.3) is 0 Å². The first-order chi connectivity index (χ1) is 9.06. The normalized spacial score (nSPS) is 17.4. The minimum atomic E-state index is 0.227. The van der Waals surface area contributed by atoms with Crippen LogP contribution >= 0.6 is 11.8 Å². The van der Waals surface area contributed by atoms with Crippen LogP contribution in [-0.4, -0.2) is 10.5 Å². The van der Waals surface area contributed by atoms with Gasteiger partial charge in [-0.15, -0.1) is 0 Å². The Morgan fingerprint density at radius 3 is 2.47 bits per heavy atom. The molecule has 1 aromatic carbocycles. The molecule has 106 valence electrons. The van der Waals surface area contributed by atoms with Gasteiger partial charge in [0, 0.05) is 5.56 Å². The number of phenolic OH excluding ortho intramolecular Hbond substituents is 1. The van der Waals surface area contributed by atoms with Crippen LogP contribution in [0.5, 0.6) is 11.5 Å². The molecule has 0 saturated heterocycles. The quantitative estimate of drug-likeness (QED) is 0.761. The Morgan fingerprint density at radius 1 is 1.05 bits per heavy atom. The second-order valence-electron chi connectivity index (χ2n) is 5.40. The van der Waals surface area contributed by atoms with E-state index in [1.165, 1.54) is 25.7 Å². The largest absolute Gasteiger partial charge is 0.507 e. The highest BCUT2D eigenvalue weighted by molar-refractivity contribution is 8.00. The smallest absolute Gasteiger partial charge is 0.149 e. The molecule has 0 amide bonds. The van der Waals surface area contributed by atoms with Crippen LogP contribution in [0.2, 0.25) is 0 Å². The molecule has 0 aromatic heterocycles. The number of fused-ring (bicyclic) bond motifs is 1. The minimum absolute atomic E-state index is 0.227. The molecule has 0 saturated carbocycles. The summed E-state index contributed by atoms with van der Waals surface area (Å²) in [5.74, 6) is 1.43. The fourth-order valence-electron chi connectivity index (χ4n) is 2.50. The lowest BCUT2D eigenvalue weighted by molar-refractivity contribution is 0.275. The maximum absolute atomic E-state index is 10.1. The zero-order valence-electron chi connectivity index (χ0n) is 12.4. The molecule has 0 radical (unpaired) electrons. The summed E-state index contributed by atoms with van der Waals surface area (Å²) in [6.07, 6.45) is 6.18. The summed E-state index contributed by atoms with van der Waals surface area (Å²) in [6.45, 7) is 8.21. The number of rotatable bonds is 5. The highest BCUT2D eigenvalue weighted by Gasteiger charge is 2.29. The second kappa shape index (κ2) is 6.08. The summed E-state index contributed by atoms with van der Waals surface area (Å²) in [4.78, 5) is 1.14. The van der Waals surface area contributed by atoms with Gasteiger partial charge >= 0.3 is 0 Å². The van der Waals surface area contributed by atoms with Crippen LogP contribution in [0.4, 0.5) is 0 Å². The van der Waals surface area contributed by atoms with E-state index in [1.54, 1.807) is 11.8 Å². The highest BCUT2D eigenvalue weighted by Crippen LogP contribution is 2.50. The van der Waals surface area contributed by atoms with Gasteiger partial charge in [-0.05, 0) is 44.7 Å². The summed E-state index contributed by atoms with van der Waals surface area (Å²) in [7, 11) is 0. The van der Waals surface area contributed by atoms with Crippen molar-refractivity contribution in [2.24, 2.45) is 0 Å². The Morgan fingerprint density at radius 2 is 1.79 bits per heavy atom. The van der Waals surface area contributed by atoms with Crippen molar-refractivity contribution in [3.8, 4) is 11.5 Å². The number of hydrogen-bond acceptors (Lipinski definition) is 3. The lowest BCUT2D eigenvalue weighted by Gasteiger charge is -2.12. The van der Waals surface area contributed by atoms with Gasteiger partial charge in [0.2, 0.25) is 0 Å². The third kappa shape index (κ3) is 2.86. The number of phenols is 1. The second-order valence-corrected chi connectivity index (χ2v) is 6.57. The van der Waals surface area contributed by atoms with Gasteiger partial charge in [0.05, 0.1) is 4.90 Å². The molecule has 1 atom stereocenters. The van der Waals surface area contributed by atoms with Crippen molar-refractivity contribution in [2.45, 2.75) is 70.1 Å². The first-order valence-corrected chi connectivity index (χ1v) is 8.10. The van der Waals surface area contributed by atoms with Crippen molar-refractivity contribution in [3.63, 3.8) is 0 Å². The third-order valence-corrected chi connectivity index (χ3v) is 5.27. The molecule has 0 bridgehead atoms. The molecule has 1 aromatic rings. The maximum Gasteiger partial charge on any atom is 0.149 e. The SMILES string of the molecule is CCCCCC[C@H]1Oc2c(C)c(C)c(O)c(C)c2S1. The summed E-state index contributed by atoms with van der Waals surface area (Å²) in [5, 5.41) is 10.1. The predicted molar refractivity (Wildman–Crippen MR) is 81.3 cm³/mol. The van der Waals surface area contributed by atoms with E-state index in [4.69, 9.17) is 4.74 Å². The first kappa shape index (κ1) is 14.6. The Kier molecular flexibility index (Phi) is 4.67. The summed E-state index contributed by atoms with van der Waals surface area (Å²) >= 11 is 1.78. The molecule has 0 aliphatic carbocycles. The lowest BCUT2D eigenvalue weighted by atomic mass is 10.0. The fourth-order valence-corrected chi connectivity index (χ4v) is 3.78. The van der Waals surface area contributed by atoms with E-state index in [2.05, 4.69) is 6.92 Å². The van der Waals surface area contributed by atoms with Crippen LogP contribution in [0.3, 0.4) is 0 Å². The number of benzene rings is 1. The Hall–Kier alpha value is -0.830. The predicted octanol–water partition coefficient (Wildman–Crippen LogP) is 5.10. The molecule has 2 nitrogen and oxygen atoms in total. The highest BCUT2D eigenvalue weighted by atomic mass is 32.2. The van der Waals surface area contributed by atoms with E-state index >= 15 is 0 Å². The molecule has 1 heterocycles. The lowest BCUT2D eigenvalue weighted by Crippen LogP contribution is -2.06. The van der Waals surface area contributed by atoms with Gasteiger partial charge in [-0.2, -0.15) is 0 Å². The molecule has 0 spiro atoms. The van der Waals surface area contributed by atoms with Crippen LogP contribution in [-0.2, 0) is 0 Å². The van der Waals surface area contributed by atoms with Gasteiger partial charge in [-0.1, -0.05) is 37.9 Å². The average molecular weight is 280 g/mol. The fraction of sp³-hybridized carbons (Fsp3) is 0.625. The van der Waals surface area contributed by atoms with Crippen molar-refractivity contribution < 1.29 is 9.84 Å². The molecule has 1 aliphatic heterocycles. The molecule has 0 unspecified atom stereocenters. The Bertz CT molecular complexity index is 432. The maximum atomic E-state index is 10.1. The van der Waals surface area contributed by atoms with Crippen molar-refractivity contribution in [1.82, 2.24) is 0 Å². The molecular formula is C16H24O2S. The Balaban J connectivity index is 2.08. The molecule has 1 aliphatic rings. The minimum Gasteiger partial charge on any atom is -0.507 e. The molecule has 19 heavy (non-hydrogen) atoms. The topological polar surface area (TPSA) is 29.5 Å². The third-order valence-electron chi connectivity index (χ3n) is 3.95. The van der Waals surface area contributed by atoms with E-state index in [1.807, 2.05) is 20.8 Å². The van der Waals surface area contributed by atoms with Gasteiger partial charge in [-0.25, -0.2) is 0 Å². The summed E-state index contributed by atoms with van der Waals surface area (Å²) < 4.78 is 6.09. The molecule has 2 rings (SSSR count). The van der Waals surface area contributed by atoms with Gasteiger partial charge < -0.3 is 9.84 Å². The van der Waals surface area contributed by atoms with Crippen molar-refractivity contribution in [1.29, 1.82) is 0 Å². The number of aromatic hydroxyl groups is 1. The standard InChI is InChI=1S/C16H24O2S/c1-5-6-7-8-9-13-18-15-11(3)10(2)14(17)12(4)16(15)19-13/h13,17H,5-9H2,1-4H3/t13-/m0/s1. The van der Waals surface area contributed by atoms with Gasteiger partial charge in [0.15, 0.2) is 0 Å². The average Bonchev–Trinajstić information content (AvgIpc) is 2.83. The number of thioether (sulfide) groups is 1. The number of hydrogen-bond donors (Lipinski definition) is 1. The molecule has 0 fully saturated rings. The molecule has 3 heteroatoms. The zero-order valence-corrected chi connectivity index (χ0v) is 13.2. The van der Waals surface area contributed by atoms with E-state index in [9.17, 15) is 5.11 Å². The van der Waals surface area contributed by atoms with Crippen LogP contribution in [0.15, 0.2) is 4.90 Å². The number of ether oxygens (including phenoxy) is 1. The van der Waals surface area contributed by atoms with E-state index in [0.29, 0.717) is 5.75 Å². The van der Waals surface area contributed by atoms with Crippen LogP contribution < -0.4 is 4.74 Å².